The van der Waals surface area contributed by atoms with Gasteiger partial charge in [0.25, 0.3) is 0 Å². The number of rotatable bonds is 7. The molecule has 0 aromatic heterocycles. The molecule has 2 N–H and O–H groups in total. The number of carbonyl (C=O) groups is 1. The lowest BCUT2D eigenvalue weighted by atomic mass is 10.2. The molecule has 5 nitrogen and oxygen atoms in total. The van der Waals surface area contributed by atoms with E-state index >= 15 is 0 Å². The maximum Gasteiger partial charge on any atom is 0.411 e. The topological polar surface area (TPSA) is 74.2 Å². The van der Waals surface area contributed by atoms with Gasteiger partial charge in [-0.1, -0.05) is 0 Å². The van der Waals surface area contributed by atoms with E-state index in [0.717, 1.165) is 0 Å². The summed E-state index contributed by atoms with van der Waals surface area (Å²) < 4.78 is 40.1. The van der Waals surface area contributed by atoms with Crippen LogP contribution in [0.1, 0.15) is 12.5 Å². The number of nitriles is 1. The highest BCUT2D eigenvalue weighted by Crippen LogP contribution is 2.14. The van der Waals surface area contributed by atoms with Crippen molar-refractivity contribution in [3.8, 4) is 6.07 Å². The van der Waals surface area contributed by atoms with Gasteiger partial charge < -0.3 is 15.4 Å². The number of alkyl halides is 3. The Kier molecular flexibility index (Phi) is 6.66. The summed E-state index contributed by atoms with van der Waals surface area (Å²) in [4.78, 5) is 11.6. The van der Waals surface area contributed by atoms with E-state index in [1.807, 2.05) is 6.07 Å². The van der Waals surface area contributed by atoms with Crippen molar-refractivity contribution in [3.05, 3.63) is 29.8 Å². The third-order valence-corrected chi connectivity index (χ3v) is 2.51. The van der Waals surface area contributed by atoms with Crippen molar-refractivity contribution < 1.29 is 22.7 Å². The summed E-state index contributed by atoms with van der Waals surface area (Å²) in [5.74, 6) is -0.368. The molecule has 0 saturated carbocycles. The number of hydrogen-bond donors (Lipinski definition) is 2. The number of halogens is 3. The van der Waals surface area contributed by atoms with Crippen LogP contribution >= 0.6 is 0 Å². The number of hydrogen-bond acceptors (Lipinski definition) is 4. The molecule has 1 rings (SSSR count). The van der Waals surface area contributed by atoms with Crippen LogP contribution in [0.5, 0.6) is 0 Å². The fourth-order valence-corrected chi connectivity index (χ4v) is 1.56. The lowest BCUT2D eigenvalue weighted by molar-refractivity contribution is -0.175. The molecule has 0 fully saturated rings. The molecule has 0 aliphatic carbocycles. The number of nitrogens with zero attached hydrogens (tertiary/aromatic N) is 1. The molecule has 1 amide bonds. The van der Waals surface area contributed by atoms with E-state index < -0.39 is 18.8 Å². The standard InChI is InChI=1S/C14H16F3N3O2/c1-10(8-22-9-14(15,16)17)20-13(21)7-19-12-4-2-11(6-18)3-5-12/h2-5,10,19H,7-9H2,1H3,(H,20,21)/t10-/m0/s1. The molecule has 1 aromatic rings. The molecule has 1 atom stereocenters. The van der Waals surface area contributed by atoms with Gasteiger partial charge in [-0.25, -0.2) is 0 Å². The molecule has 0 bridgehead atoms. The second kappa shape index (κ2) is 8.24. The summed E-state index contributed by atoms with van der Waals surface area (Å²) in [5, 5.41) is 14.0. The SMILES string of the molecule is C[C@@H](COCC(F)(F)F)NC(=O)CNc1ccc(C#N)cc1. The second-order valence-electron chi connectivity index (χ2n) is 4.64. The van der Waals surface area contributed by atoms with Gasteiger partial charge in [0.1, 0.15) is 6.61 Å². The van der Waals surface area contributed by atoms with E-state index in [2.05, 4.69) is 15.4 Å². The minimum atomic E-state index is -4.37. The quantitative estimate of drug-likeness (QED) is 0.807. The van der Waals surface area contributed by atoms with Crippen LogP contribution in [0.25, 0.3) is 0 Å². The zero-order chi connectivity index (χ0) is 16.6. The molecule has 8 heteroatoms. The van der Waals surface area contributed by atoms with E-state index in [0.29, 0.717) is 11.3 Å². The fourth-order valence-electron chi connectivity index (χ4n) is 1.56. The van der Waals surface area contributed by atoms with Gasteiger partial charge in [0.2, 0.25) is 5.91 Å². The summed E-state index contributed by atoms with van der Waals surface area (Å²) in [6, 6.07) is 7.96. The number of nitrogens with one attached hydrogen (secondary N) is 2. The number of amides is 1. The molecule has 0 heterocycles. The molecule has 0 radical (unpaired) electrons. The normalized spacial score (nSPS) is 12.3. The van der Waals surface area contributed by atoms with Gasteiger partial charge in [-0.05, 0) is 31.2 Å². The minimum Gasteiger partial charge on any atom is -0.376 e. The van der Waals surface area contributed by atoms with Crippen LogP contribution in [0, 0.1) is 11.3 Å². The number of carbonyl (C=O) groups excluding carboxylic acids is 1. The van der Waals surface area contributed by atoms with Crippen molar-refractivity contribution in [1.29, 1.82) is 5.26 Å². The number of ether oxygens (including phenoxy) is 1. The van der Waals surface area contributed by atoms with Crippen LogP contribution < -0.4 is 10.6 Å². The van der Waals surface area contributed by atoms with Crippen molar-refractivity contribution in [2.24, 2.45) is 0 Å². The smallest absolute Gasteiger partial charge is 0.376 e. The Labute approximate surface area is 126 Å². The van der Waals surface area contributed by atoms with E-state index in [1.54, 1.807) is 31.2 Å². The van der Waals surface area contributed by atoms with E-state index in [9.17, 15) is 18.0 Å². The average molecular weight is 315 g/mol. The maximum atomic E-state index is 11.9. The Morgan fingerprint density at radius 2 is 2.00 bits per heavy atom. The molecule has 0 aliphatic heterocycles. The first kappa shape index (κ1) is 17.8. The Balaban J connectivity index is 2.26. The zero-order valence-corrected chi connectivity index (χ0v) is 11.9. The van der Waals surface area contributed by atoms with E-state index in [4.69, 9.17) is 5.26 Å². The summed E-state index contributed by atoms with van der Waals surface area (Å²) in [6.45, 7) is -0.0374. The van der Waals surface area contributed by atoms with Gasteiger partial charge >= 0.3 is 6.18 Å². The van der Waals surface area contributed by atoms with Crippen molar-refractivity contribution >= 4 is 11.6 Å². The van der Waals surface area contributed by atoms with Crippen molar-refractivity contribution in [2.75, 3.05) is 25.1 Å². The second-order valence-corrected chi connectivity index (χ2v) is 4.64. The molecular weight excluding hydrogens is 299 g/mol. The van der Waals surface area contributed by atoms with Gasteiger partial charge in [-0.2, -0.15) is 18.4 Å². The van der Waals surface area contributed by atoms with Gasteiger partial charge in [0.05, 0.1) is 24.8 Å². The summed E-state index contributed by atoms with van der Waals surface area (Å²) >= 11 is 0. The highest BCUT2D eigenvalue weighted by Gasteiger charge is 2.27. The number of benzene rings is 1. The van der Waals surface area contributed by atoms with Crippen LogP contribution in [0.2, 0.25) is 0 Å². The monoisotopic (exact) mass is 315 g/mol. The van der Waals surface area contributed by atoms with Crippen LogP contribution in [-0.4, -0.2) is 37.9 Å². The summed E-state index contributed by atoms with van der Waals surface area (Å²) in [5.41, 5.74) is 1.17. The predicted molar refractivity (Wildman–Crippen MR) is 74.1 cm³/mol. The van der Waals surface area contributed by atoms with Crippen LogP contribution in [-0.2, 0) is 9.53 Å². The lowest BCUT2D eigenvalue weighted by Crippen LogP contribution is -2.39. The molecule has 22 heavy (non-hydrogen) atoms. The largest absolute Gasteiger partial charge is 0.411 e. The van der Waals surface area contributed by atoms with Crippen molar-refractivity contribution in [2.45, 2.75) is 19.1 Å². The Hall–Kier alpha value is -2.27. The first-order valence-corrected chi connectivity index (χ1v) is 6.48. The zero-order valence-electron chi connectivity index (χ0n) is 11.9. The molecule has 0 saturated heterocycles. The fraction of sp³-hybridized carbons (Fsp3) is 0.429. The van der Waals surface area contributed by atoms with Gasteiger partial charge in [-0.15, -0.1) is 0 Å². The first-order valence-electron chi connectivity index (χ1n) is 6.48. The molecule has 120 valence electrons. The van der Waals surface area contributed by atoms with Gasteiger partial charge in [-0.3, -0.25) is 4.79 Å². The highest BCUT2D eigenvalue weighted by molar-refractivity contribution is 5.80. The minimum absolute atomic E-state index is 0.0322. The first-order chi connectivity index (χ1) is 10.3. The van der Waals surface area contributed by atoms with Crippen LogP contribution in [0.4, 0.5) is 18.9 Å². The third kappa shape index (κ3) is 7.50. The average Bonchev–Trinajstić information content (AvgIpc) is 2.44. The predicted octanol–water partition coefficient (Wildman–Crippen LogP) is 2.05. The molecule has 0 aliphatic rings. The van der Waals surface area contributed by atoms with E-state index in [-0.39, 0.29) is 19.1 Å². The van der Waals surface area contributed by atoms with Gasteiger partial charge in [0, 0.05) is 11.7 Å². The third-order valence-electron chi connectivity index (χ3n) is 2.51. The van der Waals surface area contributed by atoms with E-state index in [1.165, 1.54) is 0 Å². The van der Waals surface area contributed by atoms with Crippen molar-refractivity contribution in [1.82, 2.24) is 5.32 Å². The maximum absolute atomic E-state index is 11.9. The molecule has 0 spiro atoms. The lowest BCUT2D eigenvalue weighted by Gasteiger charge is -2.15. The summed E-state index contributed by atoms with van der Waals surface area (Å²) in [7, 11) is 0. The van der Waals surface area contributed by atoms with Crippen LogP contribution in [0.15, 0.2) is 24.3 Å². The van der Waals surface area contributed by atoms with Crippen LogP contribution in [0.3, 0.4) is 0 Å². The molecule has 1 aromatic carbocycles. The van der Waals surface area contributed by atoms with Gasteiger partial charge in [0.15, 0.2) is 0 Å². The number of anilines is 1. The van der Waals surface area contributed by atoms with Crippen molar-refractivity contribution in [3.63, 3.8) is 0 Å². The summed E-state index contributed by atoms with van der Waals surface area (Å²) in [6.07, 6.45) is -4.37. The highest BCUT2D eigenvalue weighted by atomic mass is 19.4. The molecular formula is C14H16F3N3O2. The molecule has 0 unspecified atom stereocenters. The Morgan fingerprint density at radius 1 is 1.36 bits per heavy atom. The Bertz CT molecular complexity index is 524. The Morgan fingerprint density at radius 3 is 2.55 bits per heavy atom.